The molecule has 1 amide bonds. The molecule has 1 aliphatic heterocycles. The number of nitrogens with zero attached hydrogens (tertiary/aromatic N) is 2. The van der Waals surface area contributed by atoms with Crippen LogP contribution in [-0.2, 0) is 4.79 Å². The molecule has 1 saturated heterocycles. The number of benzene rings is 1. The summed E-state index contributed by atoms with van der Waals surface area (Å²) in [7, 11) is 0. The fourth-order valence-corrected chi connectivity index (χ4v) is 4.12. The summed E-state index contributed by atoms with van der Waals surface area (Å²) >= 11 is 6.03. The Bertz CT molecular complexity index is 647. The highest BCUT2D eigenvalue weighted by molar-refractivity contribution is 6.30. The van der Waals surface area contributed by atoms with Gasteiger partial charge >= 0.3 is 6.18 Å². The molecule has 1 aliphatic carbocycles. The molecule has 8 heteroatoms. The van der Waals surface area contributed by atoms with E-state index in [1.54, 1.807) is 0 Å². The summed E-state index contributed by atoms with van der Waals surface area (Å²) in [6.07, 6.45) is -2.87. The highest BCUT2D eigenvalue weighted by atomic mass is 35.5. The zero-order valence-corrected chi connectivity index (χ0v) is 15.9. The van der Waals surface area contributed by atoms with Gasteiger partial charge in [-0.25, -0.2) is 0 Å². The number of rotatable bonds is 4. The Morgan fingerprint density at radius 2 is 1.93 bits per heavy atom. The van der Waals surface area contributed by atoms with Crippen LogP contribution in [0.25, 0.3) is 0 Å². The number of alkyl halides is 3. The first kappa shape index (κ1) is 20.3. The Balaban J connectivity index is 1.43. The van der Waals surface area contributed by atoms with E-state index in [4.69, 9.17) is 11.6 Å². The molecule has 1 saturated carbocycles. The van der Waals surface area contributed by atoms with Crippen LogP contribution in [0, 0.1) is 5.92 Å². The van der Waals surface area contributed by atoms with Crippen LogP contribution in [0.3, 0.4) is 0 Å². The van der Waals surface area contributed by atoms with Gasteiger partial charge in [-0.2, -0.15) is 13.2 Å². The molecule has 1 aromatic rings. The lowest BCUT2D eigenvalue weighted by atomic mass is 9.85. The van der Waals surface area contributed by atoms with Crippen LogP contribution >= 0.6 is 11.6 Å². The summed E-state index contributed by atoms with van der Waals surface area (Å²) in [5.74, 6) is -1.48. The van der Waals surface area contributed by atoms with Gasteiger partial charge in [0.1, 0.15) is 0 Å². The van der Waals surface area contributed by atoms with E-state index in [1.165, 1.54) is 0 Å². The molecule has 0 radical (unpaired) electrons. The summed E-state index contributed by atoms with van der Waals surface area (Å²) in [6.45, 7) is 3.27. The van der Waals surface area contributed by atoms with E-state index in [0.29, 0.717) is 17.9 Å². The predicted octanol–water partition coefficient (Wildman–Crippen LogP) is 3.70. The minimum absolute atomic E-state index is 0.00220. The van der Waals surface area contributed by atoms with Crippen LogP contribution in [-0.4, -0.2) is 55.7 Å². The molecule has 1 aromatic carbocycles. The summed E-state index contributed by atoms with van der Waals surface area (Å²) < 4.78 is 38.7. The number of piperazine rings is 1. The van der Waals surface area contributed by atoms with Crippen molar-refractivity contribution in [1.82, 2.24) is 10.2 Å². The molecule has 0 spiro atoms. The predicted molar refractivity (Wildman–Crippen MR) is 100 cm³/mol. The second-order valence-electron chi connectivity index (χ2n) is 7.41. The first-order valence-corrected chi connectivity index (χ1v) is 9.78. The summed E-state index contributed by atoms with van der Waals surface area (Å²) in [4.78, 5) is 16.5. The van der Waals surface area contributed by atoms with Gasteiger partial charge in [-0.3, -0.25) is 9.69 Å². The largest absolute Gasteiger partial charge is 0.391 e. The fourth-order valence-electron chi connectivity index (χ4n) is 3.93. The number of halogens is 4. The number of hydrogen-bond donors (Lipinski definition) is 1. The number of nitrogens with one attached hydrogen (secondary N) is 1. The van der Waals surface area contributed by atoms with Crippen molar-refractivity contribution in [2.24, 2.45) is 5.92 Å². The number of carbonyl (C=O) groups is 1. The smallest absolute Gasteiger partial charge is 0.369 e. The molecule has 2 atom stereocenters. The van der Waals surface area contributed by atoms with E-state index in [-0.39, 0.29) is 31.3 Å². The van der Waals surface area contributed by atoms with Gasteiger partial charge in [-0.05, 0) is 37.5 Å². The van der Waals surface area contributed by atoms with Crippen LogP contribution < -0.4 is 10.2 Å². The average molecular weight is 404 g/mol. The zero-order chi connectivity index (χ0) is 19.4. The van der Waals surface area contributed by atoms with E-state index in [0.717, 1.165) is 31.9 Å². The van der Waals surface area contributed by atoms with E-state index in [2.05, 4.69) is 10.2 Å². The van der Waals surface area contributed by atoms with Gasteiger partial charge in [0, 0.05) is 42.9 Å². The first-order valence-electron chi connectivity index (χ1n) is 9.40. The fraction of sp³-hybridized carbons (Fsp3) is 0.632. The molecule has 1 heterocycles. The molecule has 4 nitrogen and oxygen atoms in total. The number of amides is 1. The average Bonchev–Trinajstić information content (AvgIpc) is 2.62. The van der Waals surface area contributed by atoms with Crippen molar-refractivity contribution in [2.45, 2.75) is 37.9 Å². The molecule has 2 aliphatic rings. The van der Waals surface area contributed by atoms with Crippen molar-refractivity contribution < 1.29 is 18.0 Å². The summed E-state index contributed by atoms with van der Waals surface area (Å²) in [5, 5.41) is 3.50. The van der Waals surface area contributed by atoms with Gasteiger partial charge in [-0.1, -0.05) is 24.1 Å². The Kier molecular flexibility index (Phi) is 6.52. The lowest BCUT2D eigenvalue weighted by Gasteiger charge is -2.36. The first-order chi connectivity index (χ1) is 12.8. The van der Waals surface area contributed by atoms with Crippen molar-refractivity contribution in [1.29, 1.82) is 0 Å². The molecule has 0 unspecified atom stereocenters. The van der Waals surface area contributed by atoms with E-state index < -0.39 is 12.1 Å². The highest BCUT2D eigenvalue weighted by Gasteiger charge is 2.42. The van der Waals surface area contributed by atoms with Crippen LogP contribution in [0.2, 0.25) is 5.02 Å². The van der Waals surface area contributed by atoms with Crippen molar-refractivity contribution in [3.63, 3.8) is 0 Å². The quantitative estimate of drug-likeness (QED) is 0.832. The molecule has 3 rings (SSSR count). The summed E-state index contributed by atoms with van der Waals surface area (Å²) in [6, 6.07) is 7.31. The standard InChI is InChI=1S/C19H25ClF3N3O/c20-15-4-2-6-17(12-15)26-9-7-25(8-10-26)13-18(27)24-16-5-1-3-14(11-16)19(21,22)23/h2,4,6,12,14,16H,1,3,5,7-11,13H2,(H,24,27)/t14-,16+/m1/s1. The third-order valence-electron chi connectivity index (χ3n) is 5.42. The van der Waals surface area contributed by atoms with Crippen molar-refractivity contribution >= 4 is 23.2 Å². The Morgan fingerprint density at radius 3 is 2.59 bits per heavy atom. The highest BCUT2D eigenvalue weighted by Crippen LogP contribution is 2.37. The Labute approximate surface area is 162 Å². The van der Waals surface area contributed by atoms with Gasteiger partial charge in [0.25, 0.3) is 0 Å². The normalized spacial score (nSPS) is 24.7. The van der Waals surface area contributed by atoms with Crippen LogP contribution in [0.15, 0.2) is 24.3 Å². The van der Waals surface area contributed by atoms with Crippen molar-refractivity contribution in [3.8, 4) is 0 Å². The van der Waals surface area contributed by atoms with E-state index >= 15 is 0 Å². The van der Waals surface area contributed by atoms with Crippen molar-refractivity contribution in [3.05, 3.63) is 29.3 Å². The molecule has 27 heavy (non-hydrogen) atoms. The molecule has 0 bridgehead atoms. The summed E-state index contributed by atoms with van der Waals surface area (Å²) in [5.41, 5.74) is 1.06. The lowest BCUT2D eigenvalue weighted by molar-refractivity contribution is -0.184. The second kappa shape index (κ2) is 8.69. The second-order valence-corrected chi connectivity index (χ2v) is 7.85. The minimum atomic E-state index is -4.17. The number of hydrogen-bond acceptors (Lipinski definition) is 3. The maximum absolute atomic E-state index is 12.9. The SMILES string of the molecule is O=C(CN1CCN(c2cccc(Cl)c2)CC1)N[C@H]1CCC[C@@H](C(F)(F)F)C1. The monoisotopic (exact) mass is 403 g/mol. The van der Waals surface area contributed by atoms with Gasteiger partial charge < -0.3 is 10.2 Å². The minimum Gasteiger partial charge on any atom is -0.369 e. The molecule has 2 fully saturated rings. The third-order valence-corrected chi connectivity index (χ3v) is 5.65. The van der Waals surface area contributed by atoms with Crippen LogP contribution in [0.5, 0.6) is 0 Å². The van der Waals surface area contributed by atoms with Crippen LogP contribution in [0.4, 0.5) is 18.9 Å². The third kappa shape index (κ3) is 5.75. The Morgan fingerprint density at radius 1 is 1.19 bits per heavy atom. The van der Waals surface area contributed by atoms with E-state index in [1.807, 2.05) is 29.2 Å². The molecule has 150 valence electrons. The lowest BCUT2D eigenvalue weighted by Crippen LogP contribution is -2.51. The Hall–Kier alpha value is -1.47. The number of anilines is 1. The molecular weight excluding hydrogens is 379 g/mol. The number of carbonyl (C=O) groups excluding carboxylic acids is 1. The topological polar surface area (TPSA) is 35.6 Å². The van der Waals surface area contributed by atoms with E-state index in [9.17, 15) is 18.0 Å². The maximum atomic E-state index is 12.9. The molecule has 0 aromatic heterocycles. The van der Waals surface area contributed by atoms with Gasteiger partial charge in [0.15, 0.2) is 0 Å². The van der Waals surface area contributed by atoms with Gasteiger partial charge in [0.05, 0.1) is 12.5 Å². The molecular formula is C19H25ClF3N3O. The zero-order valence-electron chi connectivity index (χ0n) is 15.1. The van der Waals surface area contributed by atoms with Gasteiger partial charge in [-0.15, -0.1) is 0 Å². The van der Waals surface area contributed by atoms with Crippen LogP contribution in [0.1, 0.15) is 25.7 Å². The maximum Gasteiger partial charge on any atom is 0.391 e. The van der Waals surface area contributed by atoms with Crippen molar-refractivity contribution in [2.75, 3.05) is 37.6 Å². The van der Waals surface area contributed by atoms with Gasteiger partial charge in [0.2, 0.25) is 5.91 Å². The molecule has 1 N–H and O–H groups in total.